The van der Waals surface area contributed by atoms with Gasteiger partial charge in [0.25, 0.3) is 0 Å². The maximum absolute atomic E-state index is 4.27. The lowest BCUT2D eigenvalue weighted by Crippen LogP contribution is -1.89. The van der Waals surface area contributed by atoms with Crippen LogP contribution < -0.4 is 0 Å². The Morgan fingerprint density at radius 1 is 0.462 bits per heavy atom. The van der Waals surface area contributed by atoms with E-state index in [0.717, 1.165) is 24.5 Å². The molecule has 0 fully saturated rings. The lowest BCUT2D eigenvalue weighted by atomic mass is 10.0. The van der Waals surface area contributed by atoms with Crippen LogP contribution in [-0.2, 0) is 12.8 Å². The van der Waals surface area contributed by atoms with Crippen LogP contribution >= 0.6 is 0 Å². The number of aromatic amines is 2. The van der Waals surface area contributed by atoms with Gasteiger partial charge in [-0.2, -0.15) is 0 Å². The second-order valence-corrected chi connectivity index (χ2v) is 7.52. The summed E-state index contributed by atoms with van der Waals surface area (Å²) in [5, 5.41) is 0. The first-order valence-electron chi connectivity index (χ1n) is 10.9. The van der Waals surface area contributed by atoms with Crippen molar-refractivity contribution in [1.82, 2.24) is 19.9 Å². The minimum atomic E-state index is 1.11. The molecule has 0 aliphatic carbocycles. The molecule has 0 amide bonds. The zero-order chi connectivity index (χ0) is 18.1. The number of aryl methyl sites for hydroxylation is 2. The Bertz CT molecular complexity index is 456. The highest BCUT2D eigenvalue weighted by Crippen LogP contribution is 2.13. The molecule has 2 rings (SSSR count). The summed E-state index contributed by atoms with van der Waals surface area (Å²) in [6.07, 6.45) is 29.2. The highest BCUT2D eigenvalue weighted by Gasteiger charge is 1.97. The summed E-state index contributed by atoms with van der Waals surface area (Å²) in [6, 6.07) is 0. The predicted octanol–water partition coefficient (Wildman–Crippen LogP) is 6.38. The van der Waals surface area contributed by atoms with Crippen LogP contribution in [0.5, 0.6) is 0 Å². The van der Waals surface area contributed by atoms with Gasteiger partial charge in [-0.25, -0.2) is 9.97 Å². The number of hydrogen-bond acceptors (Lipinski definition) is 2. The van der Waals surface area contributed by atoms with Gasteiger partial charge in [0.05, 0.1) is 0 Å². The fraction of sp³-hybridized carbons (Fsp3) is 0.727. The number of unbranched alkanes of at least 4 members (excludes halogenated alkanes) is 13. The Kier molecular flexibility index (Phi) is 11.6. The first-order chi connectivity index (χ1) is 12.9. The topological polar surface area (TPSA) is 57.4 Å². The minimum absolute atomic E-state index is 1.11. The summed E-state index contributed by atoms with van der Waals surface area (Å²) in [5.74, 6) is 2.28. The van der Waals surface area contributed by atoms with Gasteiger partial charge in [-0.3, -0.25) is 0 Å². The average molecular weight is 359 g/mol. The highest BCUT2D eigenvalue weighted by atomic mass is 14.9. The zero-order valence-corrected chi connectivity index (χ0v) is 16.5. The van der Waals surface area contributed by atoms with Crippen molar-refractivity contribution in [1.29, 1.82) is 0 Å². The Balaban J connectivity index is 1.22. The number of aromatic nitrogens is 4. The molecule has 2 heterocycles. The van der Waals surface area contributed by atoms with Gasteiger partial charge < -0.3 is 9.97 Å². The molecule has 2 N–H and O–H groups in total. The van der Waals surface area contributed by atoms with Crippen molar-refractivity contribution in [3.63, 3.8) is 0 Å². The van der Waals surface area contributed by atoms with Gasteiger partial charge in [-0.1, -0.05) is 77.0 Å². The summed E-state index contributed by atoms with van der Waals surface area (Å²) in [7, 11) is 0. The molecule has 0 saturated carbocycles. The van der Waals surface area contributed by atoms with Crippen molar-refractivity contribution in [3.05, 3.63) is 36.4 Å². The molecular weight excluding hydrogens is 320 g/mol. The van der Waals surface area contributed by atoms with Crippen LogP contribution in [0.1, 0.15) is 102 Å². The number of imidazole rings is 2. The number of nitrogens with one attached hydrogen (secondary N) is 2. The maximum atomic E-state index is 4.27. The first kappa shape index (κ1) is 20.7. The van der Waals surface area contributed by atoms with Gasteiger partial charge in [0.1, 0.15) is 11.6 Å². The summed E-state index contributed by atoms with van der Waals surface area (Å²) in [4.78, 5) is 14.9. The molecule has 0 aromatic carbocycles. The van der Waals surface area contributed by atoms with Crippen molar-refractivity contribution in [3.8, 4) is 0 Å². The molecule has 146 valence electrons. The smallest absolute Gasteiger partial charge is 0.105 e. The third kappa shape index (κ3) is 10.4. The van der Waals surface area contributed by atoms with Gasteiger partial charge in [0.15, 0.2) is 0 Å². The van der Waals surface area contributed by atoms with Crippen LogP contribution in [0, 0.1) is 0 Å². The Morgan fingerprint density at radius 2 is 0.769 bits per heavy atom. The standard InChI is InChI=1S/C22H38N4/c1(3-5-7-9-11-13-15-21-23-17-18-24-21)2-4-6-8-10-12-14-16-22-25-19-20-26-22/h17-20H,1-16H2,(H,23,24)(H,25,26). The third-order valence-corrected chi connectivity index (χ3v) is 5.19. The minimum Gasteiger partial charge on any atom is -0.349 e. The molecule has 2 aromatic heterocycles. The van der Waals surface area contributed by atoms with E-state index in [9.17, 15) is 0 Å². The van der Waals surface area contributed by atoms with Crippen LogP contribution in [0.3, 0.4) is 0 Å². The lowest BCUT2D eigenvalue weighted by Gasteiger charge is -2.03. The number of H-pyrrole nitrogens is 2. The van der Waals surface area contributed by atoms with Crippen molar-refractivity contribution in [2.75, 3.05) is 0 Å². The van der Waals surface area contributed by atoms with E-state index in [2.05, 4.69) is 19.9 Å². The van der Waals surface area contributed by atoms with E-state index < -0.39 is 0 Å². The van der Waals surface area contributed by atoms with Crippen LogP contribution in [0.15, 0.2) is 24.8 Å². The molecule has 0 spiro atoms. The number of nitrogens with zero attached hydrogens (tertiary/aromatic N) is 2. The molecule has 0 radical (unpaired) electrons. The average Bonchev–Trinajstić information content (AvgIpc) is 3.35. The summed E-state index contributed by atoms with van der Waals surface area (Å²) >= 11 is 0. The summed E-state index contributed by atoms with van der Waals surface area (Å²) in [6.45, 7) is 0. The molecule has 4 nitrogen and oxygen atoms in total. The number of rotatable bonds is 17. The van der Waals surface area contributed by atoms with Gasteiger partial charge >= 0.3 is 0 Å². The maximum Gasteiger partial charge on any atom is 0.105 e. The molecular formula is C22H38N4. The molecule has 2 aromatic rings. The van der Waals surface area contributed by atoms with E-state index in [4.69, 9.17) is 0 Å². The second-order valence-electron chi connectivity index (χ2n) is 7.52. The Labute approximate surface area is 159 Å². The van der Waals surface area contributed by atoms with Crippen molar-refractivity contribution < 1.29 is 0 Å². The van der Waals surface area contributed by atoms with Crippen LogP contribution in [0.4, 0.5) is 0 Å². The van der Waals surface area contributed by atoms with E-state index in [0.29, 0.717) is 0 Å². The third-order valence-electron chi connectivity index (χ3n) is 5.19. The van der Waals surface area contributed by atoms with Crippen LogP contribution in [0.2, 0.25) is 0 Å². The normalized spacial score (nSPS) is 11.2. The number of hydrogen-bond donors (Lipinski definition) is 2. The van der Waals surface area contributed by atoms with E-state index in [1.165, 1.54) is 89.9 Å². The molecule has 0 saturated heterocycles. The van der Waals surface area contributed by atoms with Crippen molar-refractivity contribution >= 4 is 0 Å². The van der Waals surface area contributed by atoms with E-state index in [1.54, 1.807) is 0 Å². The summed E-state index contributed by atoms with van der Waals surface area (Å²) < 4.78 is 0. The van der Waals surface area contributed by atoms with Crippen molar-refractivity contribution in [2.45, 2.75) is 103 Å². The highest BCUT2D eigenvalue weighted by molar-refractivity contribution is 4.87. The molecule has 0 bridgehead atoms. The van der Waals surface area contributed by atoms with Crippen LogP contribution in [-0.4, -0.2) is 19.9 Å². The van der Waals surface area contributed by atoms with Gasteiger partial charge in [0.2, 0.25) is 0 Å². The van der Waals surface area contributed by atoms with E-state index in [-0.39, 0.29) is 0 Å². The van der Waals surface area contributed by atoms with E-state index >= 15 is 0 Å². The van der Waals surface area contributed by atoms with Gasteiger partial charge in [0, 0.05) is 37.6 Å². The monoisotopic (exact) mass is 358 g/mol. The first-order valence-corrected chi connectivity index (χ1v) is 10.9. The van der Waals surface area contributed by atoms with E-state index in [1.807, 2.05) is 24.8 Å². The Hall–Kier alpha value is -1.58. The molecule has 4 heteroatoms. The summed E-state index contributed by atoms with van der Waals surface area (Å²) in [5.41, 5.74) is 0. The largest absolute Gasteiger partial charge is 0.349 e. The SMILES string of the molecule is c1c[nH]c(CCCCCCCCCCCCCCCCc2ncc[nH]2)n1. The van der Waals surface area contributed by atoms with Crippen LogP contribution in [0.25, 0.3) is 0 Å². The molecule has 0 unspecified atom stereocenters. The predicted molar refractivity (Wildman–Crippen MR) is 109 cm³/mol. The van der Waals surface area contributed by atoms with Gasteiger partial charge in [-0.05, 0) is 12.8 Å². The quantitative estimate of drug-likeness (QED) is 0.322. The zero-order valence-electron chi connectivity index (χ0n) is 16.5. The van der Waals surface area contributed by atoms with Crippen molar-refractivity contribution in [2.24, 2.45) is 0 Å². The molecule has 0 atom stereocenters. The van der Waals surface area contributed by atoms with Gasteiger partial charge in [-0.15, -0.1) is 0 Å². The lowest BCUT2D eigenvalue weighted by molar-refractivity contribution is 0.532. The molecule has 0 aliphatic rings. The fourth-order valence-corrected chi connectivity index (χ4v) is 3.58. The Morgan fingerprint density at radius 3 is 1.04 bits per heavy atom. The molecule has 0 aliphatic heterocycles. The molecule has 26 heavy (non-hydrogen) atoms. The fourth-order valence-electron chi connectivity index (χ4n) is 3.58. The second kappa shape index (κ2) is 14.6.